The van der Waals surface area contributed by atoms with E-state index in [1.54, 1.807) is 0 Å². The maximum Gasteiger partial charge on any atom is 0.159 e. The van der Waals surface area contributed by atoms with E-state index in [1.807, 2.05) is 0 Å². The highest BCUT2D eigenvalue weighted by atomic mass is 16.9. The summed E-state index contributed by atoms with van der Waals surface area (Å²) in [6, 6.07) is 0. The molecule has 0 saturated carbocycles. The maximum absolute atomic E-state index is 10.4. The normalized spacial score (nSPS) is 16.8. The second-order valence-electron chi connectivity index (χ2n) is 1.65. The summed E-state index contributed by atoms with van der Waals surface area (Å²) in [5, 5.41) is 20.0. The molecule has 0 bridgehead atoms. The van der Waals surface area contributed by atoms with Gasteiger partial charge in [-0.05, 0) is 0 Å². The minimum absolute atomic E-state index is 0.0865. The number of hydroxylamine groups is 4. The zero-order chi connectivity index (χ0) is 7.98. The van der Waals surface area contributed by atoms with Gasteiger partial charge < -0.3 is 10.4 Å². The third-order valence-corrected chi connectivity index (χ3v) is 0.989. The molecule has 10 heavy (non-hydrogen) atoms. The van der Waals surface area contributed by atoms with Crippen molar-refractivity contribution in [3.63, 3.8) is 0 Å². The second kappa shape index (κ2) is 5.54. The van der Waals surface area contributed by atoms with Crippen LogP contribution in [0, 0.1) is 10.4 Å². The molecule has 0 heterocycles. The maximum atomic E-state index is 10.4. The van der Waals surface area contributed by atoms with Gasteiger partial charge in [0.1, 0.15) is 0 Å². The molecule has 2 atom stereocenters. The van der Waals surface area contributed by atoms with E-state index in [1.165, 1.54) is 14.2 Å². The minimum atomic E-state index is -0.398. The lowest BCUT2D eigenvalue weighted by Crippen LogP contribution is -3.14. The van der Waals surface area contributed by atoms with Gasteiger partial charge in [-0.1, -0.05) is 0 Å². The van der Waals surface area contributed by atoms with Crippen molar-refractivity contribution in [2.24, 2.45) is 0 Å². The Morgan fingerprint density at radius 1 is 1.00 bits per heavy atom. The molecular weight excluding hydrogens is 140 g/mol. The Morgan fingerprint density at radius 3 is 1.50 bits per heavy atom. The highest BCUT2D eigenvalue weighted by molar-refractivity contribution is 4.16. The van der Waals surface area contributed by atoms with Crippen LogP contribution in [-0.4, -0.2) is 27.3 Å². The highest BCUT2D eigenvalue weighted by Gasteiger charge is 1.99. The van der Waals surface area contributed by atoms with Crippen LogP contribution >= 0.6 is 0 Å². The molecule has 0 radical (unpaired) electrons. The first-order chi connectivity index (χ1) is 4.70. The fourth-order valence-electron chi connectivity index (χ4n) is 0.408. The zero-order valence-electron chi connectivity index (χ0n) is 6.05. The van der Waals surface area contributed by atoms with Crippen molar-refractivity contribution in [3.05, 3.63) is 10.4 Å². The fraction of sp³-hybridized carbons (Fsp3) is 1.00. The second-order valence-corrected chi connectivity index (χ2v) is 1.65. The van der Waals surface area contributed by atoms with E-state index in [0.29, 0.717) is 0 Å². The number of rotatable bonds is 5. The summed E-state index contributed by atoms with van der Waals surface area (Å²) in [5.74, 6) is 0. The van der Waals surface area contributed by atoms with Gasteiger partial charge in [0.25, 0.3) is 0 Å². The molecule has 0 aliphatic heterocycles. The smallest absolute Gasteiger partial charge is 0.159 e. The molecule has 0 spiro atoms. The van der Waals surface area contributed by atoms with Gasteiger partial charge in [0.15, 0.2) is 13.1 Å². The van der Waals surface area contributed by atoms with Crippen LogP contribution in [0.3, 0.4) is 0 Å². The minimum Gasteiger partial charge on any atom is -0.600 e. The molecule has 6 heteroatoms. The van der Waals surface area contributed by atoms with Crippen LogP contribution in [0.25, 0.3) is 0 Å². The summed E-state index contributed by atoms with van der Waals surface area (Å²) in [6.07, 6.45) is 0. The number of nitrogens with one attached hydrogen (secondary N) is 2. The topological polar surface area (TPSA) is 73.5 Å². The van der Waals surface area contributed by atoms with Crippen LogP contribution in [-0.2, 0) is 9.68 Å². The highest BCUT2D eigenvalue weighted by Crippen LogP contribution is 1.44. The summed E-state index contributed by atoms with van der Waals surface area (Å²) in [4.78, 5) is 8.60. The predicted molar refractivity (Wildman–Crippen MR) is 32.4 cm³/mol. The van der Waals surface area contributed by atoms with Crippen molar-refractivity contribution >= 4 is 0 Å². The number of quaternary nitrogens is 2. The Balaban J connectivity index is 3.17. The van der Waals surface area contributed by atoms with E-state index in [4.69, 9.17) is 0 Å². The van der Waals surface area contributed by atoms with Crippen LogP contribution in [0.5, 0.6) is 0 Å². The lowest BCUT2D eigenvalue weighted by molar-refractivity contribution is -1.10. The molecule has 0 saturated heterocycles. The Kier molecular flexibility index (Phi) is 5.40. The SMILES string of the molecule is CO[NH+]([O-])CC[NH+]([O-])OC. The third kappa shape index (κ3) is 4.62. The van der Waals surface area contributed by atoms with Gasteiger partial charge in [-0.2, -0.15) is 0 Å². The Bertz CT molecular complexity index is 71.7. The average Bonchev–Trinajstić information content (AvgIpc) is 1.99. The third-order valence-electron chi connectivity index (χ3n) is 0.989. The molecule has 2 N–H and O–H groups in total. The summed E-state index contributed by atoms with van der Waals surface area (Å²) in [5.41, 5.74) is 0. The van der Waals surface area contributed by atoms with Crippen molar-refractivity contribution in [1.29, 1.82) is 0 Å². The zero-order valence-corrected chi connectivity index (χ0v) is 6.05. The van der Waals surface area contributed by atoms with Crippen LogP contribution in [0.2, 0.25) is 0 Å². The molecule has 6 nitrogen and oxygen atoms in total. The number of hydrogen-bond donors (Lipinski definition) is 2. The van der Waals surface area contributed by atoms with Gasteiger partial charge in [-0.3, -0.25) is 0 Å². The molecule has 0 fully saturated rings. The first-order valence-corrected chi connectivity index (χ1v) is 2.84. The Hall–Kier alpha value is -0.240. The summed E-state index contributed by atoms with van der Waals surface area (Å²) in [6.45, 7) is 0.173. The van der Waals surface area contributed by atoms with Crippen LogP contribution in [0.15, 0.2) is 0 Å². The average molecular weight is 152 g/mol. The molecule has 0 aromatic heterocycles. The molecule has 0 aliphatic carbocycles. The Morgan fingerprint density at radius 2 is 1.30 bits per heavy atom. The predicted octanol–water partition coefficient (Wildman–Crippen LogP) is -3.13. The van der Waals surface area contributed by atoms with Gasteiger partial charge in [-0.15, -0.1) is 0 Å². The molecule has 0 aromatic carbocycles. The van der Waals surface area contributed by atoms with Gasteiger partial charge in [0.2, 0.25) is 0 Å². The molecule has 2 unspecified atom stereocenters. The summed E-state index contributed by atoms with van der Waals surface area (Å²) in [7, 11) is 2.55. The first-order valence-electron chi connectivity index (χ1n) is 2.84. The monoisotopic (exact) mass is 152 g/mol. The van der Waals surface area contributed by atoms with Crippen molar-refractivity contribution in [2.75, 3.05) is 27.3 Å². The molecule has 0 amide bonds. The Labute approximate surface area is 59.0 Å². The molecule has 62 valence electrons. The van der Waals surface area contributed by atoms with Gasteiger partial charge >= 0.3 is 0 Å². The van der Waals surface area contributed by atoms with Crippen LogP contribution < -0.4 is 10.5 Å². The summed E-state index contributed by atoms with van der Waals surface area (Å²) < 4.78 is 0. The van der Waals surface area contributed by atoms with Crippen LogP contribution in [0.1, 0.15) is 0 Å². The molecule has 0 aromatic rings. The number of hydrogen-bond acceptors (Lipinski definition) is 4. The van der Waals surface area contributed by atoms with Crippen LogP contribution in [0.4, 0.5) is 0 Å². The van der Waals surface area contributed by atoms with E-state index in [-0.39, 0.29) is 13.1 Å². The lowest BCUT2D eigenvalue weighted by Gasteiger charge is -2.21. The quantitative estimate of drug-likeness (QED) is 0.409. The summed E-state index contributed by atoms with van der Waals surface area (Å²) >= 11 is 0. The largest absolute Gasteiger partial charge is 0.600 e. The van der Waals surface area contributed by atoms with Gasteiger partial charge in [0, 0.05) is 0 Å². The standard InChI is InChI=1S/C4H12N2O4/c1-9-5(7)3-4-6(8)10-2/h5-6H,3-4H2,1-2H3. The van der Waals surface area contributed by atoms with E-state index in [2.05, 4.69) is 9.68 Å². The fourth-order valence-corrected chi connectivity index (χ4v) is 0.408. The van der Waals surface area contributed by atoms with E-state index < -0.39 is 10.5 Å². The van der Waals surface area contributed by atoms with E-state index >= 15 is 0 Å². The van der Waals surface area contributed by atoms with E-state index in [9.17, 15) is 10.4 Å². The molecule has 0 aliphatic rings. The first kappa shape index (κ1) is 9.76. The van der Waals surface area contributed by atoms with Gasteiger partial charge in [-0.25, -0.2) is 20.1 Å². The van der Waals surface area contributed by atoms with E-state index in [0.717, 1.165) is 0 Å². The van der Waals surface area contributed by atoms with Crippen molar-refractivity contribution in [1.82, 2.24) is 0 Å². The van der Waals surface area contributed by atoms with Gasteiger partial charge in [0.05, 0.1) is 14.2 Å². The lowest BCUT2D eigenvalue weighted by atomic mass is 10.7. The molecular formula is C4H12N2O4. The van der Waals surface area contributed by atoms with Crippen molar-refractivity contribution < 1.29 is 20.1 Å². The molecule has 0 rings (SSSR count). The van der Waals surface area contributed by atoms with Crippen molar-refractivity contribution in [2.45, 2.75) is 0 Å². The van der Waals surface area contributed by atoms with Crippen molar-refractivity contribution in [3.8, 4) is 0 Å².